The van der Waals surface area contributed by atoms with Crippen LogP contribution in [0.15, 0.2) is 4.52 Å². The minimum atomic E-state index is -0.692. The fourth-order valence-electron chi connectivity index (χ4n) is 1.11. The normalized spacial score (nSPS) is 11.7. The quantitative estimate of drug-likeness (QED) is 0.748. The number of aliphatic hydroxyl groups is 1. The molecule has 1 rings (SSSR count). The van der Waals surface area contributed by atoms with Gasteiger partial charge in [-0.1, -0.05) is 19.0 Å². The second-order valence-corrected chi connectivity index (χ2v) is 3.43. The van der Waals surface area contributed by atoms with Gasteiger partial charge < -0.3 is 14.9 Å². The maximum Gasteiger partial charge on any atom is 0.321 e. The van der Waals surface area contributed by atoms with Crippen molar-refractivity contribution in [1.29, 1.82) is 0 Å². The van der Waals surface area contributed by atoms with E-state index in [2.05, 4.69) is 15.5 Å². The number of nitrogens with zero attached hydrogens (tertiary/aromatic N) is 2. The molecule has 0 spiro atoms. The summed E-state index contributed by atoms with van der Waals surface area (Å²) in [6.45, 7) is 6.08. The Morgan fingerprint density at radius 1 is 1.43 bits per heavy atom. The van der Waals surface area contributed by atoms with Crippen LogP contribution in [-0.2, 0) is 0 Å². The molecule has 14 heavy (non-hydrogen) atoms. The molecule has 5 nitrogen and oxygen atoms in total. The van der Waals surface area contributed by atoms with Crippen LogP contribution < -0.4 is 5.32 Å². The van der Waals surface area contributed by atoms with E-state index >= 15 is 0 Å². The summed E-state index contributed by atoms with van der Waals surface area (Å²) in [6, 6.07) is 0.364. The summed E-state index contributed by atoms with van der Waals surface area (Å²) in [7, 11) is 0. The highest BCUT2D eigenvalue weighted by atomic mass is 16.5. The van der Waals surface area contributed by atoms with Gasteiger partial charge in [0.25, 0.3) is 0 Å². The smallest absolute Gasteiger partial charge is 0.321 e. The summed E-state index contributed by atoms with van der Waals surface area (Å²) in [6.07, 6.45) is 1.40. The Bertz CT molecular complexity index is 281. The van der Waals surface area contributed by atoms with Crippen molar-refractivity contribution < 1.29 is 9.63 Å². The largest absolute Gasteiger partial charge is 0.388 e. The molecule has 1 heterocycles. The van der Waals surface area contributed by atoms with Crippen molar-refractivity contribution in [3.8, 4) is 0 Å². The minimum Gasteiger partial charge on any atom is -0.388 e. The van der Waals surface area contributed by atoms with E-state index in [4.69, 9.17) is 4.52 Å². The molecule has 0 saturated carbocycles. The lowest BCUT2D eigenvalue weighted by Crippen LogP contribution is -2.35. The Kier molecular flexibility index (Phi) is 3.46. The molecule has 0 fully saturated rings. The predicted molar refractivity (Wildman–Crippen MR) is 53.1 cm³/mol. The first-order valence-electron chi connectivity index (χ1n) is 4.86. The molecule has 0 radical (unpaired) electrons. The van der Waals surface area contributed by atoms with Gasteiger partial charge >= 0.3 is 6.01 Å². The van der Waals surface area contributed by atoms with Gasteiger partial charge in [-0.25, -0.2) is 0 Å². The van der Waals surface area contributed by atoms with E-state index in [-0.39, 0.29) is 0 Å². The molecular formula is C9H17N3O2. The molecule has 0 atom stereocenters. The molecule has 0 aliphatic rings. The Balaban J connectivity index is 2.47. The maximum absolute atomic E-state index is 9.94. The maximum atomic E-state index is 9.94. The van der Waals surface area contributed by atoms with E-state index in [0.29, 0.717) is 31.2 Å². The second kappa shape index (κ2) is 4.41. The number of aromatic nitrogens is 2. The minimum absolute atomic E-state index is 0.364. The second-order valence-electron chi connectivity index (χ2n) is 3.43. The van der Waals surface area contributed by atoms with E-state index in [1.54, 1.807) is 6.92 Å². The number of aryl methyl sites for hydroxylation is 1. The molecule has 0 amide bonds. The van der Waals surface area contributed by atoms with E-state index in [1.807, 2.05) is 13.8 Å². The van der Waals surface area contributed by atoms with Crippen molar-refractivity contribution in [3.63, 3.8) is 0 Å². The highest BCUT2D eigenvalue weighted by molar-refractivity contribution is 5.18. The Morgan fingerprint density at radius 2 is 2.07 bits per heavy atom. The van der Waals surface area contributed by atoms with Crippen molar-refractivity contribution in [2.45, 2.75) is 39.2 Å². The van der Waals surface area contributed by atoms with Gasteiger partial charge in [0, 0.05) is 6.54 Å². The van der Waals surface area contributed by atoms with Gasteiger partial charge in [-0.05, 0) is 19.8 Å². The monoisotopic (exact) mass is 199 g/mol. The molecule has 1 aromatic rings. The van der Waals surface area contributed by atoms with Gasteiger partial charge in [-0.2, -0.15) is 4.98 Å². The number of nitrogens with one attached hydrogen (secondary N) is 1. The van der Waals surface area contributed by atoms with Crippen LogP contribution in [0.2, 0.25) is 0 Å². The summed E-state index contributed by atoms with van der Waals surface area (Å²) < 4.78 is 4.87. The molecule has 2 N–H and O–H groups in total. The van der Waals surface area contributed by atoms with Crippen molar-refractivity contribution in [2.75, 3.05) is 11.9 Å². The highest BCUT2D eigenvalue weighted by Gasteiger charge is 2.22. The van der Waals surface area contributed by atoms with Crippen LogP contribution in [-0.4, -0.2) is 27.4 Å². The van der Waals surface area contributed by atoms with Crippen LogP contribution in [0.25, 0.3) is 0 Å². The lowest BCUT2D eigenvalue weighted by Gasteiger charge is -2.24. The molecule has 0 unspecified atom stereocenters. The molecule has 0 saturated heterocycles. The number of hydrogen-bond donors (Lipinski definition) is 2. The topological polar surface area (TPSA) is 71.2 Å². The molecular weight excluding hydrogens is 182 g/mol. The van der Waals surface area contributed by atoms with Gasteiger partial charge in [0.1, 0.15) is 0 Å². The SMILES string of the molecule is CCC(O)(CC)CNc1nc(C)no1. The number of anilines is 1. The van der Waals surface area contributed by atoms with Gasteiger partial charge in [-0.3, -0.25) is 0 Å². The third kappa shape index (κ3) is 2.70. The summed E-state index contributed by atoms with van der Waals surface area (Å²) in [5, 5.41) is 16.5. The first-order valence-corrected chi connectivity index (χ1v) is 4.86. The summed E-state index contributed by atoms with van der Waals surface area (Å²) >= 11 is 0. The van der Waals surface area contributed by atoms with Crippen molar-refractivity contribution in [2.24, 2.45) is 0 Å². The van der Waals surface area contributed by atoms with Crippen molar-refractivity contribution in [3.05, 3.63) is 5.82 Å². The zero-order chi connectivity index (χ0) is 10.6. The van der Waals surface area contributed by atoms with Gasteiger partial charge in [0.05, 0.1) is 5.60 Å². The van der Waals surface area contributed by atoms with Crippen LogP contribution in [0.4, 0.5) is 6.01 Å². The van der Waals surface area contributed by atoms with E-state index in [9.17, 15) is 5.11 Å². The summed E-state index contributed by atoms with van der Waals surface area (Å²) in [5.41, 5.74) is -0.692. The third-order valence-electron chi connectivity index (χ3n) is 2.41. The highest BCUT2D eigenvalue weighted by Crippen LogP contribution is 2.15. The molecule has 80 valence electrons. The predicted octanol–water partition coefficient (Wildman–Crippen LogP) is 1.34. The molecule has 0 aliphatic carbocycles. The van der Waals surface area contributed by atoms with E-state index in [1.165, 1.54) is 0 Å². The standard InChI is InChI=1S/C9H17N3O2/c1-4-9(13,5-2)6-10-8-11-7(3)12-14-8/h13H,4-6H2,1-3H3,(H,10,11,12). The Hall–Kier alpha value is -1.10. The lowest BCUT2D eigenvalue weighted by molar-refractivity contribution is 0.0451. The first kappa shape index (κ1) is 11.0. The van der Waals surface area contributed by atoms with Crippen molar-refractivity contribution in [1.82, 2.24) is 10.1 Å². The van der Waals surface area contributed by atoms with Crippen LogP contribution >= 0.6 is 0 Å². The fourth-order valence-corrected chi connectivity index (χ4v) is 1.11. The van der Waals surface area contributed by atoms with Crippen molar-refractivity contribution >= 4 is 6.01 Å². The van der Waals surface area contributed by atoms with Crippen LogP contribution in [0.1, 0.15) is 32.5 Å². The van der Waals surface area contributed by atoms with E-state index < -0.39 is 5.60 Å². The van der Waals surface area contributed by atoms with Gasteiger partial charge in [-0.15, -0.1) is 0 Å². The fraction of sp³-hybridized carbons (Fsp3) is 0.778. The van der Waals surface area contributed by atoms with Gasteiger partial charge in [0.15, 0.2) is 5.82 Å². The summed E-state index contributed by atoms with van der Waals surface area (Å²) in [4.78, 5) is 3.98. The van der Waals surface area contributed by atoms with Gasteiger partial charge in [0.2, 0.25) is 0 Å². The average molecular weight is 199 g/mol. The first-order chi connectivity index (χ1) is 6.59. The third-order valence-corrected chi connectivity index (χ3v) is 2.41. The Labute approximate surface area is 83.5 Å². The van der Waals surface area contributed by atoms with E-state index in [0.717, 1.165) is 0 Å². The van der Waals surface area contributed by atoms with Crippen LogP contribution in [0.3, 0.4) is 0 Å². The number of rotatable bonds is 5. The zero-order valence-corrected chi connectivity index (χ0v) is 8.87. The molecule has 0 aliphatic heterocycles. The summed E-state index contributed by atoms with van der Waals surface area (Å²) in [5.74, 6) is 0.587. The lowest BCUT2D eigenvalue weighted by atomic mass is 9.98. The number of hydrogen-bond acceptors (Lipinski definition) is 5. The Morgan fingerprint density at radius 3 is 2.50 bits per heavy atom. The molecule has 5 heteroatoms. The molecule has 1 aromatic heterocycles. The zero-order valence-electron chi connectivity index (χ0n) is 8.87. The molecule has 0 bridgehead atoms. The van der Waals surface area contributed by atoms with Crippen LogP contribution in [0.5, 0.6) is 0 Å². The van der Waals surface area contributed by atoms with Crippen LogP contribution in [0, 0.1) is 6.92 Å². The molecule has 0 aromatic carbocycles. The average Bonchev–Trinajstić information content (AvgIpc) is 2.61.